The molecule has 1 N–H and O–H groups in total. The van der Waals surface area contributed by atoms with Gasteiger partial charge < -0.3 is 15.0 Å². The smallest absolute Gasteiger partial charge is 0.257 e. The molecule has 0 aliphatic heterocycles. The van der Waals surface area contributed by atoms with E-state index in [1.807, 2.05) is 45.0 Å². The Bertz CT molecular complexity index is 1060. The standard InChI is InChI=1S/C24H28N4O3/c1-5-22-21(15-25-28(22)19-12-10-17(3)11-13-19)24(30)27(6-2)16-23(29)26-18-8-7-9-20(14-18)31-4/h7-15H,5-6,16H2,1-4H3,(H,26,29). The Kier molecular flexibility index (Phi) is 7.07. The van der Waals surface area contributed by atoms with Gasteiger partial charge in [0.25, 0.3) is 5.91 Å². The van der Waals surface area contributed by atoms with E-state index < -0.39 is 0 Å². The van der Waals surface area contributed by atoms with Crippen LogP contribution >= 0.6 is 0 Å². The van der Waals surface area contributed by atoms with Gasteiger partial charge in [-0.25, -0.2) is 4.68 Å². The van der Waals surface area contributed by atoms with Crippen molar-refractivity contribution in [3.05, 3.63) is 71.5 Å². The van der Waals surface area contributed by atoms with Gasteiger partial charge in [0, 0.05) is 18.3 Å². The fourth-order valence-corrected chi connectivity index (χ4v) is 3.37. The third-order valence-electron chi connectivity index (χ3n) is 5.07. The molecule has 0 saturated carbocycles. The molecule has 2 aromatic carbocycles. The van der Waals surface area contributed by atoms with Crippen LogP contribution < -0.4 is 10.1 Å². The van der Waals surface area contributed by atoms with Crippen molar-refractivity contribution in [3.63, 3.8) is 0 Å². The number of methoxy groups -OCH3 is 1. The summed E-state index contributed by atoms with van der Waals surface area (Å²) in [5.41, 5.74) is 4.01. The lowest BCUT2D eigenvalue weighted by Crippen LogP contribution is -2.38. The second-order valence-corrected chi connectivity index (χ2v) is 7.21. The number of nitrogens with one attached hydrogen (secondary N) is 1. The van der Waals surface area contributed by atoms with Crippen LogP contribution in [0.3, 0.4) is 0 Å². The number of anilines is 1. The van der Waals surface area contributed by atoms with Gasteiger partial charge in [0.1, 0.15) is 12.3 Å². The highest BCUT2D eigenvalue weighted by Gasteiger charge is 2.23. The quantitative estimate of drug-likeness (QED) is 0.601. The van der Waals surface area contributed by atoms with E-state index in [-0.39, 0.29) is 18.4 Å². The first-order chi connectivity index (χ1) is 15.0. The van der Waals surface area contributed by atoms with E-state index in [0.29, 0.717) is 30.0 Å². The Labute approximate surface area is 182 Å². The predicted octanol–water partition coefficient (Wildman–Crippen LogP) is 3.85. The summed E-state index contributed by atoms with van der Waals surface area (Å²) in [7, 11) is 1.57. The van der Waals surface area contributed by atoms with Crippen LogP contribution in [-0.2, 0) is 11.2 Å². The second-order valence-electron chi connectivity index (χ2n) is 7.21. The van der Waals surface area contributed by atoms with Crippen molar-refractivity contribution in [2.45, 2.75) is 27.2 Å². The average Bonchev–Trinajstić information content (AvgIpc) is 3.21. The normalized spacial score (nSPS) is 10.6. The first-order valence-corrected chi connectivity index (χ1v) is 10.3. The zero-order valence-corrected chi connectivity index (χ0v) is 18.4. The minimum Gasteiger partial charge on any atom is -0.497 e. The molecule has 0 aliphatic rings. The molecule has 7 heteroatoms. The third kappa shape index (κ3) is 5.12. The SMILES string of the molecule is CCc1c(C(=O)N(CC)CC(=O)Nc2cccc(OC)c2)cnn1-c1ccc(C)cc1. The average molecular weight is 421 g/mol. The van der Waals surface area contributed by atoms with Crippen molar-refractivity contribution in [2.24, 2.45) is 0 Å². The fraction of sp³-hybridized carbons (Fsp3) is 0.292. The molecule has 0 radical (unpaired) electrons. The van der Waals surface area contributed by atoms with Crippen molar-refractivity contribution in [3.8, 4) is 11.4 Å². The first-order valence-electron chi connectivity index (χ1n) is 10.3. The van der Waals surface area contributed by atoms with Crippen molar-refractivity contribution >= 4 is 17.5 Å². The van der Waals surface area contributed by atoms with E-state index in [0.717, 1.165) is 16.9 Å². The molecule has 2 amide bonds. The lowest BCUT2D eigenvalue weighted by atomic mass is 10.1. The third-order valence-corrected chi connectivity index (χ3v) is 5.07. The number of nitrogens with zero attached hydrogens (tertiary/aromatic N) is 3. The van der Waals surface area contributed by atoms with Crippen molar-refractivity contribution in [1.82, 2.24) is 14.7 Å². The largest absolute Gasteiger partial charge is 0.497 e. The zero-order chi connectivity index (χ0) is 22.4. The van der Waals surface area contributed by atoms with Crippen LogP contribution in [0.2, 0.25) is 0 Å². The van der Waals surface area contributed by atoms with E-state index in [4.69, 9.17) is 4.74 Å². The number of carbonyl (C=O) groups excluding carboxylic acids is 2. The Morgan fingerprint density at radius 1 is 1.13 bits per heavy atom. The predicted molar refractivity (Wildman–Crippen MR) is 121 cm³/mol. The number of rotatable bonds is 8. The summed E-state index contributed by atoms with van der Waals surface area (Å²) in [6.07, 6.45) is 2.23. The second kappa shape index (κ2) is 9.93. The topological polar surface area (TPSA) is 76.5 Å². The minimum absolute atomic E-state index is 0.0502. The minimum atomic E-state index is -0.271. The fourth-order valence-electron chi connectivity index (χ4n) is 3.37. The number of benzene rings is 2. The monoisotopic (exact) mass is 420 g/mol. The maximum atomic E-state index is 13.2. The molecule has 3 aromatic rings. The van der Waals surface area contributed by atoms with Crippen molar-refractivity contribution in [2.75, 3.05) is 25.5 Å². The molecule has 0 bridgehead atoms. The highest BCUT2D eigenvalue weighted by molar-refractivity contribution is 6.00. The molecule has 1 aromatic heterocycles. The Morgan fingerprint density at radius 3 is 2.52 bits per heavy atom. The van der Waals surface area contributed by atoms with Gasteiger partial charge in [0.2, 0.25) is 5.91 Å². The Hall–Kier alpha value is -3.61. The molecule has 1 heterocycles. The van der Waals surface area contributed by atoms with Crippen LogP contribution in [-0.4, -0.2) is 46.7 Å². The van der Waals surface area contributed by atoms with Gasteiger partial charge in [-0.15, -0.1) is 0 Å². The van der Waals surface area contributed by atoms with Gasteiger partial charge in [-0.05, 0) is 44.5 Å². The molecule has 0 fully saturated rings. The molecule has 0 saturated heterocycles. The number of ether oxygens (including phenoxy) is 1. The zero-order valence-electron chi connectivity index (χ0n) is 18.4. The molecule has 162 valence electrons. The van der Waals surface area contributed by atoms with E-state index in [2.05, 4.69) is 10.4 Å². The summed E-state index contributed by atoms with van der Waals surface area (Å²) in [4.78, 5) is 27.3. The number of carbonyl (C=O) groups is 2. The summed E-state index contributed by atoms with van der Waals surface area (Å²) in [6, 6.07) is 15.1. The van der Waals surface area contributed by atoms with E-state index in [1.54, 1.807) is 42.3 Å². The van der Waals surface area contributed by atoms with Crippen LogP contribution in [0.5, 0.6) is 5.75 Å². The summed E-state index contributed by atoms with van der Waals surface area (Å²) in [5, 5.41) is 7.26. The summed E-state index contributed by atoms with van der Waals surface area (Å²) < 4.78 is 6.97. The Balaban J connectivity index is 1.77. The van der Waals surface area contributed by atoms with Crippen LogP contribution in [0.25, 0.3) is 5.69 Å². The molecule has 0 aliphatic carbocycles. The van der Waals surface area contributed by atoms with Crippen LogP contribution in [0.4, 0.5) is 5.69 Å². The molecule has 3 rings (SSSR count). The number of aromatic nitrogens is 2. The van der Waals surface area contributed by atoms with Gasteiger partial charge in [0.15, 0.2) is 0 Å². The van der Waals surface area contributed by atoms with E-state index in [1.165, 1.54) is 4.90 Å². The summed E-state index contributed by atoms with van der Waals surface area (Å²) in [6.45, 7) is 6.23. The highest BCUT2D eigenvalue weighted by Crippen LogP contribution is 2.19. The van der Waals surface area contributed by atoms with Crippen LogP contribution in [0.1, 0.15) is 35.5 Å². The molecule has 0 spiro atoms. The first kappa shape index (κ1) is 22.1. The van der Waals surface area contributed by atoms with E-state index in [9.17, 15) is 9.59 Å². The summed E-state index contributed by atoms with van der Waals surface area (Å²) in [5.74, 6) is 0.170. The number of hydrogen-bond donors (Lipinski definition) is 1. The lowest BCUT2D eigenvalue weighted by Gasteiger charge is -2.20. The maximum absolute atomic E-state index is 13.2. The van der Waals surface area contributed by atoms with Gasteiger partial charge >= 0.3 is 0 Å². The molecule has 7 nitrogen and oxygen atoms in total. The van der Waals surface area contributed by atoms with Gasteiger partial charge in [0.05, 0.1) is 30.3 Å². The van der Waals surface area contributed by atoms with Crippen LogP contribution in [0, 0.1) is 6.92 Å². The number of amides is 2. The van der Waals surface area contributed by atoms with Crippen LogP contribution in [0.15, 0.2) is 54.7 Å². The summed E-state index contributed by atoms with van der Waals surface area (Å²) >= 11 is 0. The highest BCUT2D eigenvalue weighted by atomic mass is 16.5. The Morgan fingerprint density at radius 2 is 1.87 bits per heavy atom. The van der Waals surface area contributed by atoms with Gasteiger partial charge in [-0.1, -0.05) is 30.7 Å². The number of hydrogen-bond acceptors (Lipinski definition) is 4. The molecule has 0 atom stereocenters. The van der Waals surface area contributed by atoms with Gasteiger partial charge in [-0.2, -0.15) is 5.10 Å². The number of likely N-dealkylation sites (N-methyl/N-ethyl adjacent to an activating group) is 1. The molecular formula is C24H28N4O3. The lowest BCUT2D eigenvalue weighted by molar-refractivity contribution is -0.116. The molecule has 0 unspecified atom stereocenters. The molecular weight excluding hydrogens is 392 g/mol. The maximum Gasteiger partial charge on any atom is 0.257 e. The van der Waals surface area contributed by atoms with Crippen molar-refractivity contribution < 1.29 is 14.3 Å². The van der Waals surface area contributed by atoms with E-state index >= 15 is 0 Å². The molecule has 31 heavy (non-hydrogen) atoms. The van der Waals surface area contributed by atoms with Crippen molar-refractivity contribution in [1.29, 1.82) is 0 Å². The number of aryl methyl sites for hydroxylation is 1. The van der Waals surface area contributed by atoms with Gasteiger partial charge in [-0.3, -0.25) is 9.59 Å².